The van der Waals surface area contributed by atoms with Crippen LogP contribution in [0, 0.1) is 6.92 Å². The van der Waals surface area contributed by atoms with E-state index in [1.54, 1.807) is 0 Å². The Morgan fingerprint density at radius 2 is 1.67 bits per heavy atom. The molecule has 0 bridgehead atoms. The second kappa shape index (κ2) is 6.05. The van der Waals surface area contributed by atoms with Gasteiger partial charge in [-0.05, 0) is 26.3 Å². The number of hydrogen-bond donors (Lipinski definition) is 3. The van der Waals surface area contributed by atoms with Crippen LogP contribution in [0.25, 0.3) is 0 Å². The van der Waals surface area contributed by atoms with Crippen molar-refractivity contribution in [3.8, 4) is 0 Å². The Kier molecular flexibility index (Phi) is 4.71. The van der Waals surface area contributed by atoms with E-state index in [0.29, 0.717) is 0 Å². The fourth-order valence-corrected chi connectivity index (χ4v) is 1.44. The minimum Gasteiger partial charge on any atom is -0.480 e. The second-order valence-corrected chi connectivity index (χ2v) is 4.31. The molecule has 1 aromatic rings. The standard InChI is InChI=1S/C13H18N2O3/c1-8-4-6-11(7-5-8)9(2)14-13(18)15-10(3)12(16)17/h4-7,9-10H,1-3H3,(H,16,17)(H2,14,15,18). The lowest BCUT2D eigenvalue weighted by atomic mass is 10.1. The van der Waals surface area contributed by atoms with Crippen molar-refractivity contribution in [2.45, 2.75) is 32.9 Å². The van der Waals surface area contributed by atoms with Crippen LogP contribution in [0.4, 0.5) is 4.79 Å². The van der Waals surface area contributed by atoms with Gasteiger partial charge in [-0.15, -0.1) is 0 Å². The van der Waals surface area contributed by atoms with Crippen LogP contribution in [0.2, 0.25) is 0 Å². The number of hydrogen-bond acceptors (Lipinski definition) is 2. The van der Waals surface area contributed by atoms with Crippen molar-refractivity contribution < 1.29 is 14.7 Å². The molecule has 2 atom stereocenters. The van der Waals surface area contributed by atoms with Crippen LogP contribution in [0.15, 0.2) is 24.3 Å². The van der Waals surface area contributed by atoms with Crippen LogP contribution >= 0.6 is 0 Å². The van der Waals surface area contributed by atoms with Gasteiger partial charge in [-0.25, -0.2) is 4.79 Å². The molecule has 0 aliphatic carbocycles. The number of benzene rings is 1. The minimum atomic E-state index is -1.06. The van der Waals surface area contributed by atoms with E-state index in [1.807, 2.05) is 38.1 Å². The third-order valence-corrected chi connectivity index (χ3v) is 2.64. The summed E-state index contributed by atoms with van der Waals surface area (Å²) in [4.78, 5) is 22.1. The highest BCUT2D eigenvalue weighted by Crippen LogP contribution is 2.12. The van der Waals surface area contributed by atoms with E-state index < -0.39 is 18.0 Å². The van der Waals surface area contributed by atoms with Gasteiger partial charge in [0.05, 0.1) is 6.04 Å². The Balaban J connectivity index is 2.54. The number of nitrogens with one attached hydrogen (secondary N) is 2. The number of carbonyl (C=O) groups excluding carboxylic acids is 1. The molecule has 2 unspecified atom stereocenters. The molecule has 1 aromatic carbocycles. The molecule has 1 rings (SSSR count). The van der Waals surface area contributed by atoms with Crippen LogP contribution in [0.5, 0.6) is 0 Å². The fourth-order valence-electron chi connectivity index (χ4n) is 1.44. The molecule has 2 amide bonds. The maximum atomic E-state index is 11.5. The summed E-state index contributed by atoms with van der Waals surface area (Å²) in [7, 11) is 0. The van der Waals surface area contributed by atoms with Gasteiger partial charge in [0.2, 0.25) is 0 Å². The number of aliphatic carboxylic acids is 1. The average molecular weight is 250 g/mol. The molecule has 5 nitrogen and oxygen atoms in total. The van der Waals surface area contributed by atoms with Crippen molar-refractivity contribution in [1.82, 2.24) is 10.6 Å². The first-order valence-corrected chi connectivity index (χ1v) is 5.76. The number of carboxylic acid groups (broad SMARTS) is 1. The van der Waals surface area contributed by atoms with Crippen molar-refractivity contribution >= 4 is 12.0 Å². The van der Waals surface area contributed by atoms with Crippen molar-refractivity contribution in [2.75, 3.05) is 0 Å². The molecular weight excluding hydrogens is 232 g/mol. The van der Waals surface area contributed by atoms with E-state index in [2.05, 4.69) is 10.6 Å². The summed E-state index contributed by atoms with van der Waals surface area (Å²) in [6, 6.07) is 6.22. The largest absolute Gasteiger partial charge is 0.480 e. The summed E-state index contributed by atoms with van der Waals surface area (Å²) in [6.45, 7) is 5.25. The predicted molar refractivity (Wildman–Crippen MR) is 68.4 cm³/mol. The molecule has 0 aliphatic heterocycles. The first kappa shape index (κ1) is 14.0. The summed E-state index contributed by atoms with van der Waals surface area (Å²) < 4.78 is 0. The molecule has 0 heterocycles. The van der Waals surface area contributed by atoms with Gasteiger partial charge in [0.1, 0.15) is 6.04 Å². The van der Waals surface area contributed by atoms with Crippen molar-refractivity contribution in [3.63, 3.8) is 0 Å². The molecule has 0 saturated heterocycles. The zero-order valence-electron chi connectivity index (χ0n) is 10.7. The van der Waals surface area contributed by atoms with Gasteiger partial charge in [-0.2, -0.15) is 0 Å². The number of carboxylic acids is 1. The Morgan fingerprint density at radius 3 is 2.17 bits per heavy atom. The Hall–Kier alpha value is -2.04. The Labute approximate surface area is 106 Å². The smallest absolute Gasteiger partial charge is 0.325 e. The average Bonchev–Trinajstić information content (AvgIpc) is 2.29. The topological polar surface area (TPSA) is 78.4 Å². The monoisotopic (exact) mass is 250 g/mol. The maximum Gasteiger partial charge on any atom is 0.325 e. The van der Waals surface area contributed by atoms with E-state index >= 15 is 0 Å². The van der Waals surface area contributed by atoms with Gasteiger partial charge in [0, 0.05) is 0 Å². The zero-order valence-corrected chi connectivity index (χ0v) is 10.7. The first-order chi connectivity index (χ1) is 8.40. The summed E-state index contributed by atoms with van der Waals surface area (Å²) in [6.07, 6.45) is 0. The summed E-state index contributed by atoms with van der Waals surface area (Å²) in [5.74, 6) is -1.06. The Morgan fingerprint density at radius 1 is 1.11 bits per heavy atom. The molecule has 0 fully saturated rings. The van der Waals surface area contributed by atoms with Crippen molar-refractivity contribution in [1.29, 1.82) is 0 Å². The summed E-state index contributed by atoms with van der Waals surface area (Å²) >= 11 is 0. The van der Waals surface area contributed by atoms with E-state index in [-0.39, 0.29) is 6.04 Å². The lowest BCUT2D eigenvalue weighted by Crippen LogP contribution is -2.45. The van der Waals surface area contributed by atoms with Crippen LogP contribution in [-0.2, 0) is 4.79 Å². The number of amides is 2. The van der Waals surface area contributed by atoms with Gasteiger partial charge in [-0.1, -0.05) is 29.8 Å². The van der Waals surface area contributed by atoms with Gasteiger partial charge in [-0.3, -0.25) is 4.79 Å². The van der Waals surface area contributed by atoms with E-state index in [0.717, 1.165) is 11.1 Å². The zero-order chi connectivity index (χ0) is 13.7. The van der Waals surface area contributed by atoms with Gasteiger partial charge in [0.25, 0.3) is 0 Å². The van der Waals surface area contributed by atoms with Crippen LogP contribution in [0.3, 0.4) is 0 Å². The normalized spacial score (nSPS) is 13.5. The number of carbonyl (C=O) groups is 2. The fraction of sp³-hybridized carbons (Fsp3) is 0.385. The minimum absolute atomic E-state index is 0.174. The second-order valence-electron chi connectivity index (χ2n) is 4.31. The van der Waals surface area contributed by atoms with Gasteiger partial charge < -0.3 is 15.7 Å². The third kappa shape index (κ3) is 4.08. The molecule has 18 heavy (non-hydrogen) atoms. The summed E-state index contributed by atoms with van der Waals surface area (Å²) in [5.41, 5.74) is 2.12. The Bertz CT molecular complexity index is 428. The lowest BCUT2D eigenvalue weighted by molar-refractivity contribution is -0.138. The van der Waals surface area contributed by atoms with E-state index in [4.69, 9.17) is 5.11 Å². The number of rotatable bonds is 4. The molecule has 3 N–H and O–H groups in total. The molecule has 0 aromatic heterocycles. The molecule has 0 spiro atoms. The van der Waals surface area contributed by atoms with Crippen molar-refractivity contribution in [3.05, 3.63) is 35.4 Å². The van der Waals surface area contributed by atoms with Crippen LogP contribution < -0.4 is 10.6 Å². The number of aryl methyl sites for hydroxylation is 1. The first-order valence-electron chi connectivity index (χ1n) is 5.76. The SMILES string of the molecule is Cc1ccc(C(C)NC(=O)NC(C)C(=O)O)cc1. The van der Waals surface area contributed by atoms with Crippen LogP contribution in [0.1, 0.15) is 31.0 Å². The third-order valence-electron chi connectivity index (χ3n) is 2.64. The van der Waals surface area contributed by atoms with E-state index in [9.17, 15) is 9.59 Å². The van der Waals surface area contributed by atoms with Gasteiger partial charge >= 0.3 is 12.0 Å². The molecule has 98 valence electrons. The predicted octanol–water partition coefficient (Wildman–Crippen LogP) is 1.83. The highest BCUT2D eigenvalue weighted by molar-refractivity contribution is 5.82. The van der Waals surface area contributed by atoms with E-state index in [1.165, 1.54) is 6.92 Å². The highest BCUT2D eigenvalue weighted by Gasteiger charge is 2.15. The molecule has 5 heteroatoms. The molecule has 0 aliphatic rings. The molecular formula is C13H18N2O3. The summed E-state index contributed by atoms with van der Waals surface area (Å²) in [5, 5.41) is 13.7. The van der Waals surface area contributed by atoms with Crippen molar-refractivity contribution in [2.24, 2.45) is 0 Å². The lowest BCUT2D eigenvalue weighted by Gasteiger charge is -2.16. The molecule has 0 radical (unpaired) electrons. The highest BCUT2D eigenvalue weighted by atomic mass is 16.4. The molecule has 0 saturated carbocycles. The van der Waals surface area contributed by atoms with Crippen LogP contribution in [-0.4, -0.2) is 23.1 Å². The van der Waals surface area contributed by atoms with Gasteiger partial charge in [0.15, 0.2) is 0 Å². The number of urea groups is 1. The maximum absolute atomic E-state index is 11.5. The quantitative estimate of drug-likeness (QED) is 0.762.